The summed E-state index contributed by atoms with van der Waals surface area (Å²) in [4.78, 5) is 14.4. The molecule has 1 amide bonds. The first-order valence-corrected chi connectivity index (χ1v) is 8.90. The van der Waals surface area contributed by atoms with Gasteiger partial charge in [0.15, 0.2) is 0 Å². The number of piperidine rings is 1. The van der Waals surface area contributed by atoms with E-state index in [1.54, 1.807) is 6.07 Å². The number of rotatable bonds is 4. The molecule has 3 rings (SSSR count). The summed E-state index contributed by atoms with van der Waals surface area (Å²) in [6.07, 6.45) is 6.64. The van der Waals surface area contributed by atoms with Crippen molar-refractivity contribution in [2.24, 2.45) is 17.6 Å². The van der Waals surface area contributed by atoms with Crippen LogP contribution < -0.4 is 5.73 Å². The van der Waals surface area contributed by atoms with Crippen LogP contribution in [0.3, 0.4) is 0 Å². The molecule has 1 aliphatic heterocycles. The number of nitrogens with two attached hydrogens (primary N) is 1. The van der Waals surface area contributed by atoms with E-state index in [2.05, 4.69) is 0 Å². The molecule has 1 aromatic rings. The van der Waals surface area contributed by atoms with Crippen LogP contribution in [0.15, 0.2) is 24.3 Å². The Balaban J connectivity index is 0.00000208. The van der Waals surface area contributed by atoms with Crippen molar-refractivity contribution in [3.8, 4) is 0 Å². The van der Waals surface area contributed by atoms with Gasteiger partial charge in [-0.3, -0.25) is 4.79 Å². The second-order valence-electron chi connectivity index (χ2n) is 7.18. The van der Waals surface area contributed by atoms with Gasteiger partial charge in [0.25, 0.3) is 0 Å². The van der Waals surface area contributed by atoms with Crippen molar-refractivity contribution in [1.29, 1.82) is 0 Å². The summed E-state index contributed by atoms with van der Waals surface area (Å²) in [6.45, 7) is 1.61. The highest BCUT2D eigenvalue weighted by Crippen LogP contribution is 2.29. The Morgan fingerprint density at radius 1 is 1.17 bits per heavy atom. The van der Waals surface area contributed by atoms with Crippen LogP contribution in [0.2, 0.25) is 0 Å². The lowest BCUT2D eigenvalue weighted by Gasteiger charge is -2.33. The van der Waals surface area contributed by atoms with Gasteiger partial charge in [-0.05, 0) is 55.6 Å². The minimum atomic E-state index is -0.110. The van der Waals surface area contributed by atoms with Crippen molar-refractivity contribution in [2.75, 3.05) is 13.1 Å². The maximum absolute atomic E-state index is 13.7. The van der Waals surface area contributed by atoms with E-state index in [4.69, 9.17) is 5.73 Å². The van der Waals surface area contributed by atoms with E-state index in [0.29, 0.717) is 18.3 Å². The molecule has 1 saturated carbocycles. The highest BCUT2D eigenvalue weighted by Gasteiger charge is 2.29. The van der Waals surface area contributed by atoms with Gasteiger partial charge >= 0.3 is 0 Å². The topological polar surface area (TPSA) is 46.3 Å². The fourth-order valence-corrected chi connectivity index (χ4v) is 4.03. The van der Waals surface area contributed by atoms with Crippen molar-refractivity contribution >= 4 is 18.3 Å². The maximum Gasteiger partial charge on any atom is 0.222 e. The number of hydrogen-bond acceptors (Lipinski definition) is 2. The third kappa shape index (κ3) is 4.70. The Labute approximate surface area is 150 Å². The van der Waals surface area contributed by atoms with E-state index in [-0.39, 0.29) is 30.2 Å². The molecule has 0 unspecified atom stereocenters. The summed E-state index contributed by atoms with van der Waals surface area (Å²) >= 11 is 0. The molecule has 0 bridgehead atoms. The highest BCUT2D eigenvalue weighted by molar-refractivity contribution is 5.85. The van der Waals surface area contributed by atoms with E-state index in [0.717, 1.165) is 57.2 Å². The Bertz CT molecular complexity index is 546. The molecule has 3 nitrogen and oxygen atoms in total. The molecular weight excluding hydrogens is 327 g/mol. The minimum absolute atomic E-state index is 0. The SMILES string of the molecule is Cl.N[C@@H]1CCC[C@H]1CC(=O)N1CCC(Cc2ccccc2F)CC1. The number of carbonyl (C=O) groups excluding carboxylic acids is 1. The van der Waals surface area contributed by atoms with Crippen LogP contribution in [0.4, 0.5) is 4.39 Å². The van der Waals surface area contributed by atoms with Crippen LogP contribution in [-0.4, -0.2) is 29.9 Å². The molecule has 2 aliphatic rings. The van der Waals surface area contributed by atoms with Crippen LogP contribution in [0, 0.1) is 17.7 Å². The lowest BCUT2D eigenvalue weighted by Crippen LogP contribution is -2.40. The molecule has 2 N–H and O–H groups in total. The average molecular weight is 355 g/mol. The largest absolute Gasteiger partial charge is 0.343 e. The molecule has 1 aromatic carbocycles. The lowest BCUT2D eigenvalue weighted by molar-refractivity contribution is -0.133. The monoisotopic (exact) mass is 354 g/mol. The van der Waals surface area contributed by atoms with Gasteiger partial charge in [0.2, 0.25) is 5.91 Å². The van der Waals surface area contributed by atoms with Crippen LogP contribution in [-0.2, 0) is 11.2 Å². The molecule has 24 heavy (non-hydrogen) atoms. The van der Waals surface area contributed by atoms with Gasteiger partial charge in [-0.2, -0.15) is 0 Å². The Morgan fingerprint density at radius 2 is 1.88 bits per heavy atom. The summed E-state index contributed by atoms with van der Waals surface area (Å²) in [5, 5.41) is 0. The normalized spacial score (nSPS) is 24.7. The van der Waals surface area contributed by atoms with Gasteiger partial charge in [0.05, 0.1) is 0 Å². The number of likely N-dealkylation sites (tertiary alicyclic amines) is 1. The van der Waals surface area contributed by atoms with E-state index in [9.17, 15) is 9.18 Å². The molecule has 0 radical (unpaired) electrons. The molecular formula is C19H28ClFN2O. The minimum Gasteiger partial charge on any atom is -0.343 e. The Hall–Kier alpha value is -1.13. The predicted molar refractivity (Wildman–Crippen MR) is 96.6 cm³/mol. The van der Waals surface area contributed by atoms with Crippen LogP contribution in [0.1, 0.15) is 44.1 Å². The lowest BCUT2D eigenvalue weighted by atomic mass is 9.89. The number of halogens is 2. The van der Waals surface area contributed by atoms with Crippen molar-refractivity contribution in [3.63, 3.8) is 0 Å². The summed E-state index contributed by atoms with van der Waals surface area (Å²) in [6, 6.07) is 7.22. The Kier molecular flexibility index (Phi) is 7.05. The second-order valence-corrected chi connectivity index (χ2v) is 7.18. The van der Waals surface area contributed by atoms with Crippen molar-refractivity contribution in [1.82, 2.24) is 4.90 Å². The summed E-state index contributed by atoms with van der Waals surface area (Å²) in [5.74, 6) is 1.00. The van der Waals surface area contributed by atoms with Crippen molar-refractivity contribution in [3.05, 3.63) is 35.6 Å². The third-order valence-corrected chi connectivity index (χ3v) is 5.59. The van der Waals surface area contributed by atoms with Gasteiger partial charge in [-0.25, -0.2) is 4.39 Å². The second kappa shape index (κ2) is 8.82. The molecule has 1 aliphatic carbocycles. The number of hydrogen-bond donors (Lipinski definition) is 1. The first-order valence-electron chi connectivity index (χ1n) is 8.90. The molecule has 2 atom stereocenters. The number of benzene rings is 1. The fraction of sp³-hybridized carbons (Fsp3) is 0.632. The number of nitrogens with zero attached hydrogens (tertiary/aromatic N) is 1. The van der Waals surface area contributed by atoms with E-state index < -0.39 is 0 Å². The fourth-order valence-electron chi connectivity index (χ4n) is 4.03. The van der Waals surface area contributed by atoms with E-state index in [1.165, 1.54) is 6.07 Å². The highest BCUT2D eigenvalue weighted by atomic mass is 35.5. The van der Waals surface area contributed by atoms with E-state index in [1.807, 2.05) is 17.0 Å². The van der Waals surface area contributed by atoms with Gasteiger partial charge < -0.3 is 10.6 Å². The van der Waals surface area contributed by atoms with Gasteiger partial charge in [-0.1, -0.05) is 24.6 Å². The number of amides is 1. The molecule has 1 heterocycles. The van der Waals surface area contributed by atoms with Crippen LogP contribution in [0.25, 0.3) is 0 Å². The number of carbonyl (C=O) groups is 1. The predicted octanol–water partition coefficient (Wildman–Crippen LogP) is 3.55. The van der Waals surface area contributed by atoms with Crippen molar-refractivity contribution in [2.45, 2.75) is 51.0 Å². The molecule has 1 saturated heterocycles. The third-order valence-electron chi connectivity index (χ3n) is 5.59. The Morgan fingerprint density at radius 3 is 2.50 bits per heavy atom. The van der Waals surface area contributed by atoms with E-state index >= 15 is 0 Å². The zero-order chi connectivity index (χ0) is 16.2. The first-order chi connectivity index (χ1) is 11.1. The molecule has 0 aromatic heterocycles. The van der Waals surface area contributed by atoms with Gasteiger partial charge in [0.1, 0.15) is 5.82 Å². The summed E-state index contributed by atoms with van der Waals surface area (Å²) in [5.41, 5.74) is 6.87. The average Bonchev–Trinajstić information content (AvgIpc) is 2.95. The summed E-state index contributed by atoms with van der Waals surface area (Å²) < 4.78 is 13.7. The smallest absolute Gasteiger partial charge is 0.222 e. The zero-order valence-corrected chi connectivity index (χ0v) is 14.9. The standard InChI is InChI=1S/C19H27FN2O.ClH/c20-17-6-2-1-4-15(17)12-14-8-10-22(11-9-14)19(23)13-16-5-3-7-18(16)21;/h1-2,4,6,14,16,18H,3,5,7-13,21H2;1H/t16-,18+;/m0./s1. The molecule has 134 valence electrons. The zero-order valence-electron chi connectivity index (χ0n) is 14.1. The van der Waals surface area contributed by atoms with Crippen molar-refractivity contribution < 1.29 is 9.18 Å². The van der Waals surface area contributed by atoms with Gasteiger partial charge in [-0.15, -0.1) is 12.4 Å². The maximum atomic E-state index is 13.7. The molecule has 5 heteroatoms. The van der Waals surface area contributed by atoms with Gasteiger partial charge in [0, 0.05) is 25.6 Å². The van der Waals surface area contributed by atoms with Crippen LogP contribution >= 0.6 is 12.4 Å². The molecule has 2 fully saturated rings. The van der Waals surface area contributed by atoms with Crippen LogP contribution in [0.5, 0.6) is 0 Å². The quantitative estimate of drug-likeness (QED) is 0.898. The first kappa shape index (κ1) is 19.2. The summed E-state index contributed by atoms with van der Waals surface area (Å²) in [7, 11) is 0. The molecule has 0 spiro atoms.